The molecule has 0 N–H and O–H groups in total. The third kappa shape index (κ3) is 3.39. The van der Waals surface area contributed by atoms with Gasteiger partial charge in [0.2, 0.25) is 0 Å². The molecule has 0 aliphatic carbocycles. The molecule has 22 heavy (non-hydrogen) atoms. The van der Waals surface area contributed by atoms with Crippen LogP contribution in [0.5, 0.6) is 0 Å². The molecule has 6 nitrogen and oxygen atoms in total. The lowest BCUT2D eigenvalue weighted by Crippen LogP contribution is -2.07. The van der Waals surface area contributed by atoms with Crippen molar-refractivity contribution in [3.63, 3.8) is 0 Å². The second kappa shape index (κ2) is 6.98. The van der Waals surface area contributed by atoms with Crippen LogP contribution < -0.4 is 5.63 Å². The number of benzene rings is 1. The zero-order chi connectivity index (χ0) is 16.1. The predicted octanol–water partition coefficient (Wildman–Crippen LogP) is 3.39. The maximum absolute atomic E-state index is 12.0. The lowest BCUT2D eigenvalue weighted by atomic mass is 9.99. The van der Waals surface area contributed by atoms with Crippen LogP contribution in [0.3, 0.4) is 0 Å². The molecular weight excluding hydrogens is 286 g/mol. The Morgan fingerprint density at radius 2 is 2.00 bits per heavy atom. The van der Waals surface area contributed by atoms with E-state index in [2.05, 4.69) is 0 Å². The molecule has 0 atom stereocenters. The van der Waals surface area contributed by atoms with Crippen molar-refractivity contribution in [2.75, 3.05) is 0 Å². The Balaban J connectivity index is 2.38. The minimum absolute atomic E-state index is 0.0101. The van der Waals surface area contributed by atoms with Crippen molar-refractivity contribution >= 4 is 22.2 Å². The van der Waals surface area contributed by atoms with Crippen molar-refractivity contribution in [2.45, 2.75) is 39.0 Å². The fourth-order valence-corrected chi connectivity index (χ4v) is 2.46. The van der Waals surface area contributed by atoms with Crippen LogP contribution in [0.1, 0.15) is 38.2 Å². The molecular formula is C16H17NO5. The SMILES string of the molecule is CCCCCC(=O)Cc1ccc2c(=O)occc2c1[N+](=O)[O-]. The van der Waals surface area contributed by atoms with E-state index in [0.717, 1.165) is 25.5 Å². The summed E-state index contributed by atoms with van der Waals surface area (Å²) in [5.74, 6) is -0.0288. The number of rotatable bonds is 7. The lowest BCUT2D eigenvalue weighted by Gasteiger charge is -2.05. The Kier molecular flexibility index (Phi) is 5.04. The molecule has 2 rings (SSSR count). The molecule has 0 radical (unpaired) electrons. The standard InChI is InChI=1S/C16H17NO5/c1-2-3-4-5-12(18)10-11-6-7-14-13(15(11)17(20)21)8-9-22-16(14)19/h6-9H,2-5,10H2,1H3. The van der Waals surface area contributed by atoms with Crippen molar-refractivity contribution in [1.29, 1.82) is 0 Å². The Hall–Kier alpha value is -2.50. The summed E-state index contributed by atoms with van der Waals surface area (Å²) in [4.78, 5) is 34.4. The van der Waals surface area contributed by atoms with E-state index in [1.807, 2.05) is 6.92 Å². The van der Waals surface area contributed by atoms with Gasteiger partial charge in [-0.05, 0) is 18.6 Å². The van der Waals surface area contributed by atoms with Crippen molar-refractivity contribution in [2.24, 2.45) is 0 Å². The van der Waals surface area contributed by atoms with Gasteiger partial charge in [-0.25, -0.2) is 4.79 Å². The van der Waals surface area contributed by atoms with E-state index in [1.54, 1.807) is 0 Å². The summed E-state index contributed by atoms with van der Waals surface area (Å²) in [6.45, 7) is 2.05. The molecule has 0 aliphatic heterocycles. The Morgan fingerprint density at radius 1 is 1.23 bits per heavy atom. The van der Waals surface area contributed by atoms with Crippen molar-refractivity contribution in [3.8, 4) is 0 Å². The number of carbonyl (C=O) groups is 1. The number of nitrogens with zero attached hydrogens (tertiary/aromatic N) is 1. The zero-order valence-electron chi connectivity index (χ0n) is 12.3. The number of nitro benzene ring substituents is 1. The van der Waals surface area contributed by atoms with Gasteiger partial charge in [0.25, 0.3) is 5.69 Å². The van der Waals surface area contributed by atoms with Gasteiger partial charge in [0.15, 0.2) is 0 Å². The molecule has 2 aromatic rings. The Morgan fingerprint density at radius 3 is 2.68 bits per heavy atom. The zero-order valence-corrected chi connectivity index (χ0v) is 12.3. The molecule has 0 unspecified atom stereocenters. The Bertz CT molecular complexity index is 763. The molecule has 0 spiro atoms. The molecule has 1 heterocycles. The summed E-state index contributed by atoms with van der Waals surface area (Å²) < 4.78 is 4.72. The quantitative estimate of drug-likeness (QED) is 0.444. The van der Waals surface area contributed by atoms with Crippen LogP contribution >= 0.6 is 0 Å². The number of hydrogen-bond donors (Lipinski definition) is 0. The summed E-state index contributed by atoms with van der Waals surface area (Å²) >= 11 is 0. The molecule has 0 bridgehead atoms. The molecule has 0 saturated carbocycles. The van der Waals surface area contributed by atoms with Crippen molar-refractivity contribution < 1.29 is 14.1 Å². The highest BCUT2D eigenvalue weighted by molar-refractivity contribution is 5.93. The van der Waals surface area contributed by atoms with E-state index in [0.29, 0.717) is 12.0 Å². The number of hydrogen-bond acceptors (Lipinski definition) is 5. The van der Waals surface area contributed by atoms with Gasteiger partial charge in [0.1, 0.15) is 5.78 Å². The highest BCUT2D eigenvalue weighted by atomic mass is 16.6. The predicted molar refractivity (Wildman–Crippen MR) is 82.0 cm³/mol. The minimum atomic E-state index is -0.624. The van der Waals surface area contributed by atoms with Crippen LogP contribution in [0.4, 0.5) is 5.69 Å². The van der Waals surface area contributed by atoms with E-state index in [1.165, 1.54) is 18.2 Å². The van der Waals surface area contributed by atoms with Crippen molar-refractivity contribution in [3.05, 3.63) is 50.6 Å². The third-order valence-corrected chi connectivity index (χ3v) is 3.56. The van der Waals surface area contributed by atoms with Crippen LogP contribution in [0.15, 0.2) is 33.7 Å². The van der Waals surface area contributed by atoms with Crippen LogP contribution in [0.25, 0.3) is 10.8 Å². The van der Waals surface area contributed by atoms with Gasteiger partial charge in [0, 0.05) is 18.4 Å². The maximum Gasteiger partial charge on any atom is 0.343 e. The van der Waals surface area contributed by atoms with Crippen LogP contribution in [-0.2, 0) is 11.2 Å². The fraction of sp³-hybridized carbons (Fsp3) is 0.375. The first-order valence-corrected chi connectivity index (χ1v) is 7.24. The average Bonchev–Trinajstić information content (AvgIpc) is 2.47. The summed E-state index contributed by atoms with van der Waals surface area (Å²) in [6, 6.07) is 4.33. The maximum atomic E-state index is 12.0. The number of unbranched alkanes of at least 4 members (excludes halogenated alkanes) is 2. The summed E-state index contributed by atoms with van der Waals surface area (Å²) in [5, 5.41) is 11.7. The number of carbonyl (C=O) groups excluding carboxylic acids is 1. The third-order valence-electron chi connectivity index (χ3n) is 3.56. The normalized spacial score (nSPS) is 10.8. The molecule has 0 fully saturated rings. The van der Waals surface area contributed by atoms with E-state index in [-0.39, 0.29) is 28.7 Å². The van der Waals surface area contributed by atoms with Crippen molar-refractivity contribution in [1.82, 2.24) is 0 Å². The molecule has 1 aromatic carbocycles. The van der Waals surface area contributed by atoms with Gasteiger partial charge in [-0.2, -0.15) is 0 Å². The average molecular weight is 303 g/mol. The first-order valence-electron chi connectivity index (χ1n) is 7.24. The van der Waals surface area contributed by atoms with Crippen LogP contribution in [-0.4, -0.2) is 10.7 Å². The summed E-state index contributed by atoms with van der Waals surface area (Å²) in [6.07, 6.45) is 4.33. The molecule has 0 amide bonds. The lowest BCUT2D eigenvalue weighted by molar-refractivity contribution is -0.383. The van der Waals surface area contributed by atoms with E-state index in [4.69, 9.17) is 4.42 Å². The fourth-order valence-electron chi connectivity index (χ4n) is 2.46. The van der Waals surface area contributed by atoms with Gasteiger partial charge < -0.3 is 4.42 Å². The number of Topliss-reactive ketones (excluding diaryl/α,β-unsaturated/α-hetero) is 1. The molecule has 0 aliphatic rings. The van der Waals surface area contributed by atoms with E-state index < -0.39 is 10.5 Å². The highest BCUT2D eigenvalue weighted by Gasteiger charge is 2.21. The number of ketones is 1. The van der Waals surface area contributed by atoms with E-state index in [9.17, 15) is 19.7 Å². The minimum Gasteiger partial charge on any atom is -0.431 e. The molecule has 6 heteroatoms. The molecule has 116 valence electrons. The summed E-state index contributed by atoms with van der Waals surface area (Å²) in [7, 11) is 0. The number of nitro groups is 1. The van der Waals surface area contributed by atoms with Crippen LogP contribution in [0, 0.1) is 10.1 Å². The first kappa shape index (κ1) is 15.9. The Labute approximate surface area is 126 Å². The van der Waals surface area contributed by atoms with Gasteiger partial charge in [-0.1, -0.05) is 25.8 Å². The van der Waals surface area contributed by atoms with Gasteiger partial charge in [-0.3, -0.25) is 14.9 Å². The monoisotopic (exact) mass is 303 g/mol. The van der Waals surface area contributed by atoms with Gasteiger partial charge in [0.05, 0.1) is 22.0 Å². The van der Waals surface area contributed by atoms with Gasteiger partial charge >= 0.3 is 5.63 Å². The summed E-state index contributed by atoms with van der Waals surface area (Å²) in [5.41, 5.74) is -0.472. The molecule has 1 aromatic heterocycles. The molecule has 0 saturated heterocycles. The second-order valence-corrected chi connectivity index (χ2v) is 5.17. The topological polar surface area (TPSA) is 90.4 Å². The highest BCUT2D eigenvalue weighted by Crippen LogP contribution is 2.28. The van der Waals surface area contributed by atoms with Gasteiger partial charge in [-0.15, -0.1) is 0 Å². The smallest absolute Gasteiger partial charge is 0.343 e. The van der Waals surface area contributed by atoms with E-state index >= 15 is 0 Å². The first-order chi connectivity index (χ1) is 10.5. The number of fused-ring (bicyclic) bond motifs is 1. The largest absolute Gasteiger partial charge is 0.431 e. The second-order valence-electron chi connectivity index (χ2n) is 5.17. The van der Waals surface area contributed by atoms with Crippen LogP contribution in [0.2, 0.25) is 0 Å².